The number of hydrogen-bond acceptors (Lipinski definition) is 5. The van der Waals surface area contributed by atoms with Crippen LogP contribution < -0.4 is 15.2 Å². The quantitative estimate of drug-likeness (QED) is 0.580. The van der Waals surface area contributed by atoms with E-state index in [4.69, 9.17) is 18.9 Å². The van der Waals surface area contributed by atoms with E-state index in [1.807, 2.05) is 24.3 Å². The van der Waals surface area contributed by atoms with Gasteiger partial charge < -0.3 is 13.9 Å². The molecule has 0 saturated heterocycles. The number of benzene rings is 2. The molecular formula is C21H18N2O4. The number of nitrogens with zero attached hydrogens (tertiary/aromatic N) is 1. The van der Waals surface area contributed by atoms with Crippen LogP contribution >= 0.6 is 0 Å². The van der Waals surface area contributed by atoms with E-state index >= 15 is 0 Å². The number of methoxy groups -OCH3 is 2. The van der Waals surface area contributed by atoms with Crippen LogP contribution in [0.5, 0.6) is 11.5 Å². The lowest BCUT2D eigenvalue weighted by atomic mass is 9.94. The minimum Gasteiger partial charge on any atom is -0.493 e. The molecule has 0 amide bonds. The van der Waals surface area contributed by atoms with E-state index in [0.717, 1.165) is 27.7 Å². The molecule has 5 rings (SSSR count). The van der Waals surface area contributed by atoms with Crippen LogP contribution in [0.25, 0.3) is 33.3 Å². The summed E-state index contributed by atoms with van der Waals surface area (Å²) in [6.07, 6.45) is 0. The van der Waals surface area contributed by atoms with Gasteiger partial charge in [0.15, 0.2) is 17.1 Å². The van der Waals surface area contributed by atoms with Crippen molar-refractivity contribution in [2.75, 3.05) is 14.2 Å². The highest BCUT2D eigenvalue weighted by Gasteiger charge is 2.31. The zero-order valence-corrected chi connectivity index (χ0v) is 15.5. The van der Waals surface area contributed by atoms with Crippen LogP contribution in [0.1, 0.15) is 29.5 Å². The highest BCUT2D eigenvalue weighted by atomic mass is 16.5. The fraction of sp³-hybridized carbons (Fsp3) is 0.238. The van der Waals surface area contributed by atoms with E-state index in [2.05, 4.69) is 18.8 Å². The van der Waals surface area contributed by atoms with E-state index in [-0.39, 0.29) is 5.92 Å². The van der Waals surface area contributed by atoms with E-state index in [1.165, 1.54) is 11.1 Å². The van der Waals surface area contributed by atoms with Crippen LogP contribution in [0, 0.1) is 6.92 Å². The first-order valence-corrected chi connectivity index (χ1v) is 8.75. The molecule has 0 bridgehead atoms. The molecule has 136 valence electrons. The van der Waals surface area contributed by atoms with Crippen molar-refractivity contribution >= 4 is 22.0 Å². The number of aromatic amines is 1. The Morgan fingerprint density at radius 3 is 2.59 bits per heavy atom. The van der Waals surface area contributed by atoms with Crippen molar-refractivity contribution in [2.24, 2.45) is 0 Å². The number of ether oxygens (including phenoxy) is 2. The molecule has 1 aliphatic rings. The second kappa shape index (κ2) is 5.36. The Kier molecular flexibility index (Phi) is 3.16. The third-order valence-electron chi connectivity index (χ3n) is 5.54. The third kappa shape index (κ3) is 2.07. The molecule has 0 spiro atoms. The normalized spacial score (nSPS) is 15.2. The standard InChI is InChI=1S/C21H18N2O4/c1-9-11-5-15-16(27-21(24)23-15)7-13(11)20-19(9)10(2)12-6-17(25-3)18(26-4)8-14(12)22-20/h5-9H,1-4H3,(H,23,24). The fourth-order valence-corrected chi connectivity index (χ4v) is 4.23. The molecule has 1 N–H and O–H groups in total. The van der Waals surface area contributed by atoms with Crippen molar-refractivity contribution in [3.63, 3.8) is 0 Å². The number of nitrogens with one attached hydrogen (secondary N) is 1. The van der Waals surface area contributed by atoms with E-state index in [0.29, 0.717) is 22.6 Å². The number of rotatable bonds is 2. The summed E-state index contributed by atoms with van der Waals surface area (Å²) < 4.78 is 16.1. The molecule has 1 atom stereocenters. The van der Waals surface area contributed by atoms with Crippen LogP contribution in [0.4, 0.5) is 0 Å². The lowest BCUT2D eigenvalue weighted by molar-refractivity contribution is 0.356. The summed E-state index contributed by atoms with van der Waals surface area (Å²) in [5.41, 5.74) is 7.55. The van der Waals surface area contributed by atoms with Crippen molar-refractivity contribution in [2.45, 2.75) is 19.8 Å². The second-order valence-corrected chi connectivity index (χ2v) is 6.90. The van der Waals surface area contributed by atoms with Crippen LogP contribution in [0.15, 0.2) is 33.5 Å². The smallest absolute Gasteiger partial charge is 0.417 e. The van der Waals surface area contributed by atoms with Crippen molar-refractivity contribution in [3.05, 3.63) is 51.5 Å². The lowest BCUT2D eigenvalue weighted by Gasteiger charge is -2.15. The molecule has 6 nitrogen and oxygen atoms in total. The summed E-state index contributed by atoms with van der Waals surface area (Å²) in [5, 5.41) is 1.04. The third-order valence-corrected chi connectivity index (χ3v) is 5.54. The number of fused-ring (bicyclic) bond motifs is 5. The van der Waals surface area contributed by atoms with Gasteiger partial charge in [0.1, 0.15) is 0 Å². The maximum atomic E-state index is 11.5. The van der Waals surface area contributed by atoms with Gasteiger partial charge in [0.2, 0.25) is 0 Å². The highest BCUT2D eigenvalue weighted by molar-refractivity contribution is 5.94. The molecule has 0 aliphatic heterocycles. The number of hydrogen-bond donors (Lipinski definition) is 1. The molecule has 27 heavy (non-hydrogen) atoms. The first-order chi connectivity index (χ1) is 13.0. The van der Waals surface area contributed by atoms with Crippen LogP contribution in [0.3, 0.4) is 0 Å². The van der Waals surface area contributed by atoms with Crippen molar-refractivity contribution in [1.29, 1.82) is 0 Å². The highest BCUT2D eigenvalue weighted by Crippen LogP contribution is 2.48. The van der Waals surface area contributed by atoms with Gasteiger partial charge >= 0.3 is 5.76 Å². The number of aromatic nitrogens is 2. The molecule has 1 unspecified atom stereocenters. The number of pyridine rings is 1. The summed E-state index contributed by atoms with van der Waals surface area (Å²) in [6, 6.07) is 7.78. The molecule has 0 saturated carbocycles. The van der Waals surface area contributed by atoms with Gasteiger partial charge in [-0.25, -0.2) is 9.78 Å². The predicted octanol–water partition coefficient (Wildman–Crippen LogP) is 4.13. The maximum Gasteiger partial charge on any atom is 0.417 e. The minimum absolute atomic E-state index is 0.169. The summed E-state index contributed by atoms with van der Waals surface area (Å²) >= 11 is 0. The van der Waals surface area contributed by atoms with Gasteiger partial charge in [-0.05, 0) is 41.8 Å². The molecule has 0 radical (unpaired) electrons. The van der Waals surface area contributed by atoms with Crippen LogP contribution in [-0.4, -0.2) is 24.2 Å². The first kappa shape index (κ1) is 15.9. The van der Waals surface area contributed by atoms with Gasteiger partial charge in [-0.15, -0.1) is 0 Å². The SMILES string of the molecule is COc1cc2nc3c(c(C)c2cc1OC)C(C)c1cc2[nH]c(=O)oc2cc1-3. The second-order valence-electron chi connectivity index (χ2n) is 6.90. The molecule has 2 aromatic carbocycles. The van der Waals surface area contributed by atoms with E-state index in [1.54, 1.807) is 14.2 Å². The Morgan fingerprint density at radius 1 is 1.11 bits per heavy atom. The molecule has 1 aliphatic carbocycles. The number of aryl methyl sites for hydroxylation is 1. The Bertz CT molecular complexity index is 1300. The Morgan fingerprint density at radius 2 is 1.85 bits per heavy atom. The summed E-state index contributed by atoms with van der Waals surface area (Å²) in [4.78, 5) is 19.2. The average molecular weight is 362 g/mol. The monoisotopic (exact) mass is 362 g/mol. The van der Waals surface area contributed by atoms with Gasteiger partial charge in [-0.1, -0.05) is 6.92 Å². The number of H-pyrrole nitrogens is 1. The van der Waals surface area contributed by atoms with E-state index in [9.17, 15) is 4.79 Å². The molecule has 0 fully saturated rings. The summed E-state index contributed by atoms with van der Waals surface area (Å²) in [6.45, 7) is 4.28. The summed E-state index contributed by atoms with van der Waals surface area (Å²) in [5.74, 6) is 1.06. The topological polar surface area (TPSA) is 77.4 Å². The minimum atomic E-state index is -0.443. The van der Waals surface area contributed by atoms with Crippen molar-refractivity contribution < 1.29 is 13.9 Å². The number of oxazole rings is 1. The Labute approximate surface area is 154 Å². The zero-order valence-electron chi connectivity index (χ0n) is 15.5. The largest absolute Gasteiger partial charge is 0.493 e. The fourth-order valence-electron chi connectivity index (χ4n) is 4.23. The molecule has 4 aromatic rings. The van der Waals surface area contributed by atoms with Crippen LogP contribution in [0.2, 0.25) is 0 Å². The first-order valence-electron chi connectivity index (χ1n) is 8.75. The molecule has 2 heterocycles. The maximum absolute atomic E-state index is 11.5. The molecular weight excluding hydrogens is 344 g/mol. The molecule has 6 heteroatoms. The summed E-state index contributed by atoms with van der Waals surface area (Å²) in [7, 11) is 3.25. The zero-order chi connectivity index (χ0) is 18.9. The van der Waals surface area contributed by atoms with Gasteiger partial charge in [0.05, 0.1) is 30.9 Å². The van der Waals surface area contributed by atoms with E-state index < -0.39 is 5.76 Å². The Hall–Kier alpha value is -3.28. The van der Waals surface area contributed by atoms with Crippen molar-refractivity contribution in [3.8, 4) is 22.8 Å². The van der Waals surface area contributed by atoms with Crippen LogP contribution in [-0.2, 0) is 0 Å². The van der Waals surface area contributed by atoms with Gasteiger partial charge in [0.25, 0.3) is 0 Å². The average Bonchev–Trinajstić information content (AvgIpc) is 3.16. The van der Waals surface area contributed by atoms with Gasteiger partial charge in [-0.2, -0.15) is 0 Å². The Balaban J connectivity index is 1.85. The van der Waals surface area contributed by atoms with Gasteiger partial charge in [0, 0.05) is 22.9 Å². The van der Waals surface area contributed by atoms with Crippen molar-refractivity contribution in [1.82, 2.24) is 9.97 Å². The lowest BCUT2D eigenvalue weighted by Crippen LogP contribution is -1.98. The van der Waals surface area contributed by atoms with Gasteiger partial charge in [-0.3, -0.25) is 4.98 Å². The molecule has 2 aromatic heterocycles. The predicted molar refractivity (Wildman–Crippen MR) is 103 cm³/mol.